The van der Waals surface area contributed by atoms with Gasteiger partial charge in [0.1, 0.15) is 5.75 Å². The van der Waals surface area contributed by atoms with Crippen molar-refractivity contribution in [1.82, 2.24) is 5.06 Å². The third-order valence-corrected chi connectivity index (χ3v) is 8.64. The van der Waals surface area contributed by atoms with Gasteiger partial charge >= 0.3 is 5.97 Å². The number of aryl methyl sites for hydroxylation is 1. The molecule has 1 saturated heterocycles. The van der Waals surface area contributed by atoms with Gasteiger partial charge in [0.15, 0.2) is 0 Å². The van der Waals surface area contributed by atoms with E-state index in [2.05, 4.69) is 19.1 Å². The van der Waals surface area contributed by atoms with Crippen LogP contribution >= 0.6 is 0 Å². The third-order valence-electron chi connectivity index (χ3n) is 8.64. The number of benzene rings is 1. The Bertz CT molecular complexity index is 944. The molecule has 1 aromatic carbocycles. The molecule has 1 aliphatic heterocycles. The average molecular weight is 456 g/mol. The molecular weight excluding hydrogens is 422 g/mol. The van der Waals surface area contributed by atoms with Gasteiger partial charge in [-0.3, -0.25) is 9.59 Å². The lowest BCUT2D eigenvalue weighted by Crippen LogP contribution is -2.43. The number of nitrogens with zero attached hydrogens (tertiary/aromatic N) is 1. The number of amides is 2. The van der Waals surface area contributed by atoms with Gasteiger partial charge < -0.3 is 14.7 Å². The Morgan fingerprint density at radius 3 is 2.70 bits per heavy atom. The van der Waals surface area contributed by atoms with Crippen molar-refractivity contribution in [3.63, 3.8) is 0 Å². The molecule has 1 aromatic rings. The number of carbonyl (C=O) groups is 3. The average Bonchev–Trinajstić information content (AvgIpc) is 3.29. The Morgan fingerprint density at radius 1 is 1.12 bits per heavy atom. The van der Waals surface area contributed by atoms with Crippen molar-refractivity contribution in [2.45, 2.75) is 83.2 Å². The summed E-state index contributed by atoms with van der Waals surface area (Å²) >= 11 is 0. The number of ether oxygens (including phenoxy) is 1. The molecule has 0 bridgehead atoms. The molecule has 1 N–H and O–H groups in total. The zero-order chi connectivity index (χ0) is 23.2. The maximum Gasteiger partial charge on any atom is 0.333 e. The van der Waals surface area contributed by atoms with Crippen LogP contribution in [0.5, 0.6) is 5.75 Å². The molecular formula is C26H33NO6. The largest absolute Gasteiger partial charge is 0.494 e. The van der Waals surface area contributed by atoms with Crippen molar-refractivity contribution < 1.29 is 29.1 Å². The summed E-state index contributed by atoms with van der Waals surface area (Å²) in [5.41, 5.74) is 2.91. The van der Waals surface area contributed by atoms with Crippen LogP contribution in [-0.4, -0.2) is 40.7 Å². The van der Waals surface area contributed by atoms with Gasteiger partial charge in [-0.2, -0.15) is 0 Å². The van der Waals surface area contributed by atoms with Gasteiger partial charge in [0.2, 0.25) is 0 Å². The molecule has 3 aliphatic carbocycles. The minimum atomic E-state index is -0.597. The van der Waals surface area contributed by atoms with Gasteiger partial charge in [0.25, 0.3) is 11.8 Å². The second-order valence-corrected chi connectivity index (χ2v) is 10.4. The normalized spacial score (nSPS) is 32.8. The molecule has 2 amide bonds. The zero-order valence-corrected chi connectivity index (χ0v) is 19.3. The van der Waals surface area contributed by atoms with Crippen molar-refractivity contribution in [2.75, 3.05) is 6.61 Å². The summed E-state index contributed by atoms with van der Waals surface area (Å²) in [6.07, 6.45) is 7.13. The lowest BCUT2D eigenvalue weighted by Gasteiger charge is -2.50. The van der Waals surface area contributed by atoms with Gasteiger partial charge in [-0.15, -0.1) is 5.06 Å². The highest BCUT2D eigenvalue weighted by Crippen LogP contribution is 2.60. The molecule has 2 saturated carbocycles. The second kappa shape index (κ2) is 8.75. The number of carbonyl (C=O) groups excluding carboxylic acids is 3. The SMILES string of the molecule is C[C@]12CC[C@@H]3c4ccc(OCCCC(=O)ON5C(=O)CCC5=O)cc4CC[C@H]3[C@@H]1CC[C@H]2O. The zero-order valence-electron chi connectivity index (χ0n) is 19.3. The lowest BCUT2D eigenvalue weighted by atomic mass is 9.55. The number of hydrogen-bond donors (Lipinski definition) is 1. The van der Waals surface area contributed by atoms with Crippen LogP contribution in [0.1, 0.15) is 81.8 Å². The summed E-state index contributed by atoms with van der Waals surface area (Å²) in [5, 5.41) is 11.1. The monoisotopic (exact) mass is 455 g/mol. The van der Waals surface area contributed by atoms with E-state index in [0.29, 0.717) is 35.8 Å². The van der Waals surface area contributed by atoms with Crippen LogP contribution < -0.4 is 4.74 Å². The fraction of sp³-hybridized carbons (Fsp3) is 0.654. The molecule has 5 atom stereocenters. The first kappa shape index (κ1) is 22.4. The van der Waals surface area contributed by atoms with Gasteiger partial charge in [-0.1, -0.05) is 13.0 Å². The molecule has 0 radical (unpaired) electrons. The van der Waals surface area contributed by atoms with Crippen LogP contribution in [0.4, 0.5) is 0 Å². The fourth-order valence-corrected chi connectivity index (χ4v) is 6.83. The first-order valence-corrected chi connectivity index (χ1v) is 12.4. The minimum absolute atomic E-state index is 0.0811. The predicted octanol–water partition coefficient (Wildman–Crippen LogP) is 3.67. The minimum Gasteiger partial charge on any atom is -0.494 e. The Morgan fingerprint density at radius 2 is 1.91 bits per heavy atom. The standard InChI is InChI=1S/C26H33NO6/c1-26-13-12-19-18-7-5-17(15-16(18)4-6-20(19)21(26)8-9-22(26)28)32-14-2-3-25(31)33-27-23(29)10-11-24(27)30/h5,7,15,19-22,28H,2-4,6,8-14H2,1H3/t19-,20-,21+,22-,26+/m1/s1. The quantitative estimate of drug-likeness (QED) is 0.520. The molecule has 3 fully saturated rings. The first-order valence-electron chi connectivity index (χ1n) is 12.4. The molecule has 0 spiro atoms. The van der Waals surface area contributed by atoms with E-state index in [-0.39, 0.29) is 30.8 Å². The topological polar surface area (TPSA) is 93.1 Å². The molecule has 0 unspecified atom stereocenters. The Balaban J connectivity index is 1.14. The predicted molar refractivity (Wildman–Crippen MR) is 119 cm³/mol. The van der Waals surface area contributed by atoms with Gasteiger partial charge in [-0.05, 0) is 91.4 Å². The van der Waals surface area contributed by atoms with E-state index < -0.39 is 17.8 Å². The highest BCUT2D eigenvalue weighted by Gasteiger charge is 2.54. The second-order valence-electron chi connectivity index (χ2n) is 10.4. The van der Waals surface area contributed by atoms with E-state index >= 15 is 0 Å². The number of aliphatic hydroxyl groups is 1. The lowest BCUT2D eigenvalue weighted by molar-refractivity contribution is -0.197. The van der Waals surface area contributed by atoms with E-state index in [4.69, 9.17) is 9.57 Å². The summed E-state index contributed by atoms with van der Waals surface area (Å²) in [5.74, 6) is 1.15. The highest BCUT2D eigenvalue weighted by atomic mass is 16.7. The fourth-order valence-electron chi connectivity index (χ4n) is 6.83. The molecule has 4 aliphatic rings. The molecule has 0 aromatic heterocycles. The summed E-state index contributed by atoms with van der Waals surface area (Å²) in [7, 11) is 0. The van der Waals surface area contributed by atoms with Crippen LogP contribution in [0.2, 0.25) is 0 Å². The molecule has 5 rings (SSSR count). The number of rotatable bonds is 6. The van der Waals surface area contributed by atoms with Crippen molar-refractivity contribution in [1.29, 1.82) is 0 Å². The van der Waals surface area contributed by atoms with E-state index in [1.165, 1.54) is 17.5 Å². The van der Waals surface area contributed by atoms with E-state index in [1.54, 1.807) is 0 Å². The molecule has 33 heavy (non-hydrogen) atoms. The van der Waals surface area contributed by atoms with E-state index in [9.17, 15) is 19.5 Å². The smallest absolute Gasteiger partial charge is 0.333 e. The van der Waals surface area contributed by atoms with Crippen LogP contribution in [0.3, 0.4) is 0 Å². The van der Waals surface area contributed by atoms with Crippen molar-refractivity contribution in [3.05, 3.63) is 29.3 Å². The Kier molecular flexibility index (Phi) is 5.93. The Labute approximate surface area is 194 Å². The van der Waals surface area contributed by atoms with Gasteiger partial charge in [0, 0.05) is 12.8 Å². The maximum atomic E-state index is 11.9. The third kappa shape index (κ3) is 4.05. The highest BCUT2D eigenvalue weighted by molar-refractivity contribution is 6.01. The van der Waals surface area contributed by atoms with Crippen molar-refractivity contribution >= 4 is 17.8 Å². The van der Waals surface area contributed by atoms with Crippen molar-refractivity contribution in [3.8, 4) is 5.75 Å². The number of hydroxylamine groups is 2. The molecule has 7 nitrogen and oxygen atoms in total. The van der Waals surface area contributed by atoms with E-state index in [1.807, 2.05) is 6.07 Å². The number of fused-ring (bicyclic) bond motifs is 5. The Hall–Kier alpha value is -2.41. The molecule has 178 valence electrons. The molecule has 1 heterocycles. The van der Waals surface area contributed by atoms with E-state index in [0.717, 1.165) is 37.9 Å². The number of imide groups is 1. The van der Waals surface area contributed by atoms with Crippen molar-refractivity contribution in [2.24, 2.45) is 17.3 Å². The number of hydrogen-bond acceptors (Lipinski definition) is 6. The maximum absolute atomic E-state index is 11.9. The summed E-state index contributed by atoms with van der Waals surface area (Å²) in [6, 6.07) is 6.38. The first-order chi connectivity index (χ1) is 15.9. The summed E-state index contributed by atoms with van der Waals surface area (Å²) < 4.78 is 5.88. The summed E-state index contributed by atoms with van der Waals surface area (Å²) in [4.78, 5) is 39.8. The van der Waals surface area contributed by atoms with Gasteiger partial charge in [-0.25, -0.2) is 4.79 Å². The molecule has 7 heteroatoms. The van der Waals surface area contributed by atoms with Crippen LogP contribution in [-0.2, 0) is 25.6 Å². The van der Waals surface area contributed by atoms with Crippen LogP contribution in [0.15, 0.2) is 18.2 Å². The number of aliphatic hydroxyl groups excluding tert-OH is 1. The summed E-state index contributed by atoms with van der Waals surface area (Å²) in [6.45, 7) is 2.66. The van der Waals surface area contributed by atoms with Crippen LogP contribution in [0.25, 0.3) is 0 Å². The van der Waals surface area contributed by atoms with Crippen LogP contribution in [0, 0.1) is 17.3 Å². The van der Waals surface area contributed by atoms with Gasteiger partial charge in [0.05, 0.1) is 19.1 Å².